The zero-order valence-corrected chi connectivity index (χ0v) is 10.2. The summed E-state index contributed by atoms with van der Waals surface area (Å²) in [5.41, 5.74) is 0. The molecule has 0 aliphatic carbocycles. The highest BCUT2D eigenvalue weighted by molar-refractivity contribution is 7.90. The van der Waals surface area contributed by atoms with Gasteiger partial charge < -0.3 is 4.74 Å². The fourth-order valence-electron chi connectivity index (χ4n) is 1.26. The predicted molar refractivity (Wildman–Crippen MR) is 61.6 cm³/mol. The third kappa shape index (κ3) is 3.01. The lowest BCUT2D eigenvalue weighted by Gasteiger charge is -2.05. The number of hydrogen-bond acceptors (Lipinski definition) is 5. The number of rotatable bonds is 3. The van der Waals surface area contributed by atoms with E-state index in [4.69, 9.17) is 4.74 Å². The molecule has 0 amide bonds. The van der Waals surface area contributed by atoms with Gasteiger partial charge in [0.2, 0.25) is 11.8 Å². The molecule has 0 radical (unpaired) electrons. The van der Waals surface area contributed by atoms with Crippen molar-refractivity contribution in [1.29, 1.82) is 0 Å². The summed E-state index contributed by atoms with van der Waals surface area (Å²) in [6.45, 7) is 0. The van der Waals surface area contributed by atoms with Crippen LogP contribution >= 0.6 is 0 Å². The quantitative estimate of drug-likeness (QED) is 0.794. The number of ether oxygens (including phenoxy) is 1. The van der Waals surface area contributed by atoms with Gasteiger partial charge in [-0.15, -0.1) is 0 Å². The highest BCUT2D eigenvalue weighted by Crippen LogP contribution is 2.22. The molecule has 94 valence electrons. The molecular formula is C11H9FN2O3S. The summed E-state index contributed by atoms with van der Waals surface area (Å²) in [4.78, 5) is 7.11. The zero-order chi connectivity index (χ0) is 13.2. The number of sulfone groups is 1. The molecule has 0 saturated heterocycles. The van der Waals surface area contributed by atoms with Gasteiger partial charge in [-0.05, 0) is 18.2 Å². The second-order valence-corrected chi connectivity index (χ2v) is 5.54. The molecule has 1 aromatic carbocycles. The van der Waals surface area contributed by atoms with Gasteiger partial charge in [0.05, 0.1) is 11.0 Å². The van der Waals surface area contributed by atoms with E-state index in [0.29, 0.717) is 0 Å². The van der Waals surface area contributed by atoms with Crippen molar-refractivity contribution in [3.63, 3.8) is 0 Å². The van der Waals surface area contributed by atoms with Gasteiger partial charge in [-0.3, -0.25) is 0 Å². The summed E-state index contributed by atoms with van der Waals surface area (Å²) >= 11 is 0. The summed E-state index contributed by atoms with van der Waals surface area (Å²) in [7, 11) is -3.31. The van der Waals surface area contributed by atoms with Crippen LogP contribution in [-0.2, 0) is 9.84 Å². The van der Waals surface area contributed by atoms with Crippen LogP contribution in [0, 0.1) is 5.95 Å². The molecule has 7 heteroatoms. The predicted octanol–water partition coefficient (Wildman–Crippen LogP) is 1.81. The molecule has 2 aromatic rings. The molecule has 2 rings (SSSR count). The maximum Gasteiger partial charge on any atom is 0.225 e. The van der Waals surface area contributed by atoms with E-state index in [1.807, 2.05) is 0 Å². The van der Waals surface area contributed by atoms with E-state index in [1.165, 1.54) is 18.2 Å². The Bertz CT molecular complexity index is 673. The molecule has 0 bridgehead atoms. The lowest BCUT2D eigenvalue weighted by molar-refractivity contribution is 0.449. The van der Waals surface area contributed by atoms with Crippen LogP contribution in [0.5, 0.6) is 11.6 Å². The van der Waals surface area contributed by atoms with E-state index in [9.17, 15) is 12.8 Å². The second kappa shape index (κ2) is 4.69. The summed E-state index contributed by atoms with van der Waals surface area (Å²) in [5, 5.41) is 0. The van der Waals surface area contributed by atoms with Crippen molar-refractivity contribution in [2.75, 3.05) is 6.26 Å². The van der Waals surface area contributed by atoms with Crippen molar-refractivity contribution < 1.29 is 17.5 Å². The maximum atomic E-state index is 12.8. The molecule has 1 heterocycles. The van der Waals surface area contributed by atoms with Crippen molar-refractivity contribution >= 4 is 9.84 Å². The van der Waals surface area contributed by atoms with Crippen molar-refractivity contribution in [2.24, 2.45) is 0 Å². The first-order chi connectivity index (χ1) is 8.45. The van der Waals surface area contributed by atoms with E-state index in [1.54, 1.807) is 6.07 Å². The van der Waals surface area contributed by atoms with Gasteiger partial charge in [-0.2, -0.15) is 4.39 Å². The van der Waals surface area contributed by atoms with E-state index < -0.39 is 15.8 Å². The minimum Gasteiger partial charge on any atom is -0.439 e. The molecule has 1 aromatic heterocycles. The molecule has 0 aliphatic rings. The standard InChI is InChI=1S/C11H9FN2O3S/c1-18(15,16)9-4-2-3-8(5-9)17-11-6-10(12)13-7-14-11/h2-7H,1H3. The van der Waals surface area contributed by atoms with Gasteiger partial charge in [0.15, 0.2) is 9.84 Å². The minimum atomic E-state index is -3.31. The molecule has 0 N–H and O–H groups in total. The Balaban J connectivity index is 2.30. The highest BCUT2D eigenvalue weighted by Gasteiger charge is 2.08. The zero-order valence-electron chi connectivity index (χ0n) is 9.37. The number of benzene rings is 1. The van der Waals surface area contributed by atoms with Crippen LogP contribution in [0.15, 0.2) is 41.6 Å². The number of halogens is 1. The minimum absolute atomic E-state index is 0.00755. The molecular weight excluding hydrogens is 259 g/mol. The molecule has 0 unspecified atom stereocenters. The second-order valence-electron chi connectivity index (χ2n) is 3.53. The van der Waals surface area contributed by atoms with E-state index in [-0.39, 0.29) is 16.5 Å². The van der Waals surface area contributed by atoms with Crippen LogP contribution in [0.25, 0.3) is 0 Å². The molecule has 0 aliphatic heterocycles. The van der Waals surface area contributed by atoms with Crippen LogP contribution < -0.4 is 4.74 Å². The van der Waals surface area contributed by atoms with Crippen LogP contribution in [0.2, 0.25) is 0 Å². The molecule has 18 heavy (non-hydrogen) atoms. The Labute approximate surface area is 103 Å². The fourth-order valence-corrected chi connectivity index (χ4v) is 1.92. The Hall–Kier alpha value is -2.02. The molecule has 0 saturated carbocycles. The smallest absolute Gasteiger partial charge is 0.225 e. The number of hydrogen-bond donors (Lipinski definition) is 0. The molecule has 5 nitrogen and oxygen atoms in total. The summed E-state index contributed by atoms with van der Waals surface area (Å²) in [6.07, 6.45) is 2.11. The number of aromatic nitrogens is 2. The number of nitrogens with zero attached hydrogens (tertiary/aromatic N) is 2. The van der Waals surface area contributed by atoms with Crippen LogP contribution in [0.3, 0.4) is 0 Å². The SMILES string of the molecule is CS(=O)(=O)c1cccc(Oc2cc(F)ncn2)c1. The topological polar surface area (TPSA) is 69.2 Å². The summed E-state index contributed by atoms with van der Waals surface area (Å²) < 4.78 is 40.8. The Kier molecular flexibility index (Phi) is 3.24. The molecule has 0 atom stereocenters. The normalized spacial score (nSPS) is 11.2. The third-order valence-corrected chi connectivity index (χ3v) is 3.17. The van der Waals surface area contributed by atoms with Gasteiger partial charge in [0.1, 0.15) is 12.1 Å². The van der Waals surface area contributed by atoms with E-state index in [0.717, 1.165) is 18.6 Å². The molecule has 0 fully saturated rings. The highest BCUT2D eigenvalue weighted by atomic mass is 32.2. The lowest BCUT2D eigenvalue weighted by atomic mass is 10.3. The first-order valence-corrected chi connectivity index (χ1v) is 6.80. The first-order valence-electron chi connectivity index (χ1n) is 4.91. The third-order valence-electron chi connectivity index (χ3n) is 2.06. The first kappa shape index (κ1) is 12.4. The summed E-state index contributed by atoms with van der Waals surface area (Å²) in [6, 6.07) is 6.88. The van der Waals surface area contributed by atoms with Gasteiger partial charge in [0.25, 0.3) is 0 Å². The largest absolute Gasteiger partial charge is 0.439 e. The van der Waals surface area contributed by atoms with Crippen molar-refractivity contribution in [3.8, 4) is 11.6 Å². The van der Waals surface area contributed by atoms with Gasteiger partial charge in [0, 0.05) is 6.26 Å². The molecule has 0 spiro atoms. The van der Waals surface area contributed by atoms with Gasteiger partial charge in [-0.25, -0.2) is 18.4 Å². The summed E-state index contributed by atoms with van der Waals surface area (Å²) in [5.74, 6) is -0.455. The van der Waals surface area contributed by atoms with Crippen molar-refractivity contribution in [1.82, 2.24) is 9.97 Å². The van der Waals surface area contributed by atoms with Gasteiger partial charge in [-0.1, -0.05) is 6.07 Å². The van der Waals surface area contributed by atoms with Crippen molar-refractivity contribution in [2.45, 2.75) is 4.90 Å². The lowest BCUT2D eigenvalue weighted by Crippen LogP contribution is -1.97. The van der Waals surface area contributed by atoms with Crippen LogP contribution in [0.4, 0.5) is 4.39 Å². The van der Waals surface area contributed by atoms with Gasteiger partial charge >= 0.3 is 0 Å². The average molecular weight is 268 g/mol. The maximum absolute atomic E-state index is 12.8. The fraction of sp³-hybridized carbons (Fsp3) is 0.0909. The van der Waals surface area contributed by atoms with Crippen LogP contribution in [-0.4, -0.2) is 24.6 Å². The Morgan fingerprint density at radius 1 is 1.22 bits per heavy atom. The average Bonchev–Trinajstić information content (AvgIpc) is 2.28. The Morgan fingerprint density at radius 3 is 2.67 bits per heavy atom. The van der Waals surface area contributed by atoms with E-state index in [2.05, 4.69) is 9.97 Å². The van der Waals surface area contributed by atoms with Crippen LogP contribution in [0.1, 0.15) is 0 Å². The van der Waals surface area contributed by atoms with E-state index >= 15 is 0 Å². The Morgan fingerprint density at radius 2 is 2.00 bits per heavy atom. The monoisotopic (exact) mass is 268 g/mol. The van der Waals surface area contributed by atoms with Crippen molar-refractivity contribution in [3.05, 3.63) is 42.6 Å².